The zero-order valence-electron chi connectivity index (χ0n) is 21.3. The minimum absolute atomic E-state index is 0.00913. The number of anilines is 3. The van der Waals surface area contributed by atoms with Gasteiger partial charge in [-0.3, -0.25) is 10.1 Å². The van der Waals surface area contributed by atoms with Crippen LogP contribution in [0, 0.1) is 10.4 Å². The average molecular weight is 514 g/mol. The summed E-state index contributed by atoms with van der Waals surface area (Å²) >= 11 is 0. The molecular weight excluding hydrogens is 482 g/mol. The second-order valence-electron chi connectivity index (χ2n) is 9.47. The van der Waals surface area contributed by atoms with Gasteiger partial charge in [-0.15, -0.1) is 0 Å². The second kappa shape index (κ2) is 11.3. The Balaban J connectivity index is 1.04. The van der Waals surface area contributed by atoms with Gasteiger partial charge in [0.2, 0.25) is 5.10 Å². The Bertz CT molecular complexity index is 1460. The van der Waals surface area contributed by atoms with Crippen LogP contribution < -0.4 is 25.5 Å². The van der Waals surface area contributed by atoms with Gasteiger partial charge in [-0.05, 0) is 55.8 Å². The van der Waals surface area contributed by atoms with Crippen LogP contribution in [0.25, 0.3) is 11.0 Å². The first kappa shape index (κ1) is 25.2. The molecule has 0 aliphatic carbocycles. The van der Waals surface area contributed by atoms with E-state index in [1.165, 1.54) is 5.56 Å². The quantitative estimate of drug-likeness (QED) is 0.149. The highest BCUT2D eigenvalue weighted by Gasteiger charge is 2.21. The summed E-state index contributed by atoms with van der Waals surface area (Å²) in [4.78, 5) is 15.6. The highest BCUT2D eigenvalue weighted by molar-refractivity contribution is 6.01. The monoisotopic (exact) mass is 513 g/mol. The third-order valence-corrected chi connectivity index (χ3v) is 6.74. The number of fused-ring (bicyclic) bond motifs is 3. The highest BCUT2D eigenvalue weighted by Crippen LogP contribution is 2.34. The standard InChI is InChI=1S/C28H31N7O3/c1-33(18-8-16-30-28-32-35(38)25-14-5-4-13-24(25)34(28)37)17-7-15-29-27(36)22-11-6-10-21-19-20-9-2-3-12-23(20)31-26(21)22/h2-6,9-14,31H,7-8,15-19H2,1H3,(H,29,36)(H,30,32). The number of nitrogens with zero attached hydrogens (tertiary/aromatic N) is 4. The smallest absolute Gasteiger partial charge is 0.460 e. The van der Waals surface area contributed by atoms with Crippen LogP contribution in [-0.4, -0.2) is 49.1 Å². The predicted molar refractivity (Wildman–Crippen MR) is 146 cm³/mol. The number of hydrogen-bond acceptors (Lipinski definition) is 7. The van der Waals surface area contributed by atoms with Gasteiger partial charge >= 0.3 is 5.95 Å². The molecule has 1 aliphatic rings. The number of aromatic nitrogens is 3. The molecule has 0 fully saturated rings. The number of rotatable bonds is 10. The van der Waals surface area contributed by atoms with Gasteiger partial charge in [0.15, 0.2) is 5.52 Å². The van der Waals surface area contributed by atoms with E-state index in [0.717, 1.165) is 49.3 Å². The van der Waals surface area contributed by atoms with Gasteiger partial charge in [0, 0.05) is 36.1 Å². The molecule has 38 heavy (non-hydrogen) atoms. The van der Waals surface area contributed by atoms with E-state index in [1.807, 2.05) is 37.4 Å². The minimum Gasteiger partial charge on any atom is -0.739 e. The molecule has 0 radical (unpaired) electrons. The Morgan fingerprint density at radius 3 is 2.50 bits per heavy atom. The molecule has 0 atom stereocenters. The summed E-state index contributed by atoms with van der Waals surface area (Å²) in [6, 6.07) is 20.6. The number of carbonyl (C=O) groups is 1. The van der Waals surface area contributed by atoms with Crippen molar-refractivity contribution in [1.82, 2.24) is 15.3 Å². The Morgan fingerprint density at radius 2 is 1.66 bits per heavy atom. The molecule has 5 rings (SSSR count). The Labute approximate surface area is 221 Å². The van der Waals surface area contributed by atoms with Crippen molar-refractivity contribution in [3.05, 3.63) is 93.8 Å². The van der Waals surface area contributed by atoms with Crippen LogP contribution in [0.4, 0.5) is 17.3 Å². The maximum absolute atomic E-state index is 12.9. The number of nitrogens with one attached hydrogen (secondary N) is 3. The molecular formula is C28H31N7O3. The molecule has 4 aromatic rings. The van der Waals surface area contributed by atoms with E-state index in [1.54, 1.807) is 24.3 Å². The van der Waals surface area contributed by atoms with Gasteiger partial charge < -0.3 is 25.9 Å². The number of hydrogen-bond donors (Lipinski definition) is 3. The highest BCUT2D eigenvalue weighted by atomic mass is 16.5. The maximum Gasteiger partial charge on any atom is 0.460 e. The molecule has 3 N–H and O–H groups in total. The molecule has 10 nitrogen and oxygen atoms in total. The molecule has 2 heterocycles. The summed E-state index contributed by atoms with van der Waals surface area (Å²) in [5.74, 6) is -0.0878. The Morgan fingerprint density at radius 1 is 0.947 bits per heavy atom. The van der Waals surface area contributed by atoms with Crippen molar-refractivity contribution in [1.29, 1.82) is 0 Å². The SMILES string of the molecule is CN(CCCNC(=O)c1cccc2c1Nc1ccccc1C2)CCCNc1n[n+]([O-])c2ccccc2[n+]1[O-]. The van der Waals surface area contributed by atoms with Gasteiger partial charge in [-0.1, -0.05) is 42.5 Å². The van der Waals surface area contributed by atoms with Gasteiger partial charge in [0.1, 0.15) is 0 Å². The fraction of sp³-hybridized carbons (Fsp3) is 0.286. The van der Waals surface area contributed by atoms with Crippen molar-refractivity contribution in [2.75, 3.05) is 43.9 Å². The lowest BCUT2D eigenvalue weighted by atomic mass is 9.94. The summed E-state index contributed by atoms with van der Waals surface area (Å²) in [5, 5.41) is 37.8. The van der Waals surface area contributed by atoms with E-state index < -0.39 is 0 Å². The first-order valence-electron chi connectivity index (χ1n) is 12.8. The van der Waals surface area contributed by atoms with Crippen molar-refractivity contribution in [2.45, 2.75) is 19.3 Å². The summed E-state index contributed by atoms with van der Waals surface area (Å²) in [5.41, 5.74) is 5.45. The number of para-hydroxylation sites is 4. The minimum atomic E-state index is -0.0787. The maximum atomic E-state index is 12.9. The third-order valence-electron chi connectivity index (χ3n) is 6.74. The van der Waals surface area contributed by atoms with Crippen LogP contribution in [0.1, 0.15) is 34.3 Å². The first-order valence-corrected chi connectivity index (χ1v) is 12.8. The molecule has 0 spiro atoms. The molecule has 10 heteroatoms. The number of benzene rings is 3. The molecule has 3 aromatic carbocycles. The Hall–Kier alpha value is -4.44. The molecule has 0 saturated carbocycles. The van der Waals surface area contributed by atoms with Crippen molar-refractivity contribution in [2.24, 2.45) is 0 Å². The van der Waals surface area contributed by atoms with Crippen molar-refractivity contribution in [3.63, 3.8) is 0 Å². The lowest BCUT2D eigenvalue weighted by molar-refractivity contribution is -0.672. The predicted octanol–water partition coefficient (Wildman–Crippen LogP) is 2.70. The van der Waals surface area contributed by atoms with Crippen LogP contribution in [-0.2, 0) is 6.42 Å². The van der Waals surface area contributed by atoms with Gasteiger partial charge in [0.05, 0.1) is 17.8 Å². The molecule has 0 unspecified atom stereocenters. The summed E-state index contributed by atoms with van der Waals surface area (Å²) in [6.45, 7) is 2.68. The fourth-order valence-corrected chi connectivity index (χ4v) is 4.73. The van der Waals surface area contributed by atoms with Gasteiger partial charge in [-0.2, -0.15) is 0 Å². The van der Waals surface area contributed by atoms with E-state index in [-0.39, 0.29) is 22.9 Å². The lowest BCUT2D eigenvalue weighted by Crippen LogP contribution is -2.44. The molecule has 1 aliphatic heterocycles. The average Bonchev–Trinajstić information content (AvgIpc) is 2.94. The van der Waals surface area contributed by atoms with E-state index in [4.69, 9.17) is 0 Å². The molecule has 0 saturated heterocycles. The third kappa shape index (κ3) is 5.45. The van der Waals surface area contributed by atoms with Gasteiger partial charge in [-0.25, -0.2) is 4.73 Å². The molecule has 1 amide bonds. The van der Waals surface area contributed by atoms with Crippen LogP contribution in [0.5, 0.6) is 0 Å². The van der Waals surface area contributed by atoms with Gasteiger partial charge in [0.25, 0.3) is 11.4 Å². The first-order chi connectivity index (χ1) is 18.5. The zero-order chi connectivity index (χ0) is 26.5. The van der Waals surface area contributed by atoms with Crippen LogP contribution >= 0.6 is 0 Å². The largest absolute Gasteiger partial charge is 0.739 e. The molecule has 0 bridgehead atoms. The number of amides is 1. The van der Waals surface area contributed by atoms with Crippen molar-refractivity contribution in [3.8, 4) is 0 Å². The van der Waals surface area contributed by atoms with Crippen molar-refractivity contribution < 1.29 is 14.4 Å². The Kier molecular flexibility index (Phi) is 7.50. The zero-order valence-corrected chi connectivity index (χ0v) is 21.3. The van der Waals surface area contributed by atoms with E-state index >= 15 is 0 Å². The van der Waals surface area contributed by atoms with Crippen LogP contribution in [0.3, 0.4) is 0 Å². The topological polar surface area (TPSA) is 123 Å². The van der Waals surface area contributed by atoms with Crippen molar-refractivity contribution >= 4 is 34.3 Å². The number of carbonyl (C=O) groups excluding carboxylic acids is 1. The van der Waals surface area contributed by atoms with Crippen LogP contribution in [0.2, 0.25) is 0 Å². The molecule has 1 aromatic heterocycles. The summed E-state index contributed by atoms with van der Waals surface area (Å²) in [7, 11) is 2.02. The summed E-state index contributed by atoms with van der Waals surface area (Å²) in [6.07, 6.45) is 2.38. The van der Waals surface area contributed by atoms with E-state index in [0.29, 0.717) is 28.2 Å². The second-order valence-corrected chi connectivity index (χ2v) is 9.47. The molecule has 196 valence electrons. The van der Waals surface area contributed by atoms with E-state index in [9.17, 15) is 15.2 Å². The fourth-order valence-electron chi connectivity index (χ4n) is 4.73. The summed E-state index contributed by atoms with van der Waals surface area (Å²) < 4.78 is 0.647. The van der Waals surface area contributed by atoms with Crippen LogP contribution in [0.15, 0.2) is 66.7 Å². The van der Waals surface area contributed by atoms with E-state index in [2.05, 4.69) is 38.1 Å². The lowest BCUT2D eigenvalue weighted by Gasteiger charge is -2.23. The normalized spacial score (nSPS) is 12.1.